The Hall–Kier alpha value is -5.00. The molecule has 1 aliphatic heterocycles. The molecular formula is C26H23N5O8. The number of benzene rings is 2. The van der Waals surface area contributed by atoms with Crippen LogP contribution in [0.4, 0.5) is 0 Å². The van der Waals surface area contributed by atoms with Crippen molar-refractivity contribution in [1.29, 1.82) is 0 Å². The number of hydrogen-bond donors (Lipinski definition) is 1. The van der Waals surface area contributed by atoms with E-state index in [-0.39, 0.29) is 17.5 Å². The van der Waals surface area contributed by atoms with Gasteiger partial charge in [0.05, 0.1) is 11.1 Å². The van der Waals surface area contributed by atoms with Gasteiger partial charge >= 0.3 is 17.6 Å². The maximum atomic E-state index is 13.1. The van der Waals surface area contributed by atoms with E-state index in [9.17, 15) is 29.5 Å². The maximum absolute atomic E-state index is 13.1. The molecule has 1 fully saturated rings. The highest BCUT2D eigenvalue weighted by Crippen LogP contribution is 2.35. The summed E-state index contributed by atoms with van der Waals surface area (Å²) in [5.74, 6) is -2.26. The van der Waals surface area contributed by atoms with Crippen LogP contribution in [0.3, 0.4) is 0 Å². The second kappa shape index (κ2) is 12.0. The Balaban J connectivity index is 1.86. The summed E-state index contributed by atoms with van der Waals surface area (Å²) < 4.78 is 18.3. The molecule has 0 amide bonds. The van der Waals surface area contributed by atoms with Gasteiger partial charge in [-0.05, 0) is 29.8 Å². The fourth-order valence-electron chi connectivity index (χ4n) is 4.14. The number of esters is 2. The van der Waals surface area contributed by atoms with Crippen LogP contribution >= 0.6 is 0 Å². The van der Waals surface area contributed by atoms with E-state index in [1.165, 1.54) is 24.3 Å². The van der Waals surface area contributed by atoms with Gasteiger partial charge in [0.2, 0.25) is 0 Å². The molecule has 200 valence electrons. The summed E-state index contributed by atoms with van der Waals surface area (Å²) in [4.78, 5) is 68.5. The summed E-state index contributed by atoms with van der Waals surface area (Å²) in [6, 6.07) is 15.3. The fourth-order valence-corrected chi connectivity index (χ4v) is 4.14. The normalized spacial score (nSPS) is 22.2. The first-order valence-electron chi connectivity index (χ1n) is 11.9. The predicted molar refractivity (Wildman–Crippen MR) is 135 cm³/mol. The lowest BCUT2D eigenvalue weighted by Gasteiger charge is -2.43. The smallest absolute Gasteiger partial charge is 0.338 e. The molecule has 13 nitrogen and oxygen atoms in total. The number of Topliss-reactive ketones (excluding diaryl/α,β-unsaturated/α-hetero) is 1. The highest BCUT2D eigenvalue weighted by atomic mass is 16.6. The van der Waals surface area contributed by atoms with Crippen molar-refractivity contribution in [2.75, 3.05) is 0 Å². The molecule has 1 N–H and O–H groups in total. The van der Waals surface area contributed by atoms with Crippen LogP contribution in [0, 0.1) is 0 Å². The maximum Gasteiger partial charge on any atom is 0.338 e. The van der Waals surface area contributed by atoms with Crippen LogP contribution in [0.2, 0.25) is 0 Å². The van der Waals surface area contributed by atoms with Crippen molar-refractivity contribution in [2.45, 2.75) is 43.9 Å². The number of ether oxygens (including phenoxy) is 3. The minimum atomic E-state index is -1.59. The topological polar surface area (TPSA) is 183 Å². The highest BCUT2D eigenvalue weighted by Gasteiger charge is 2.53. The first-order chi connectivity index (χ1) is 18.8. The third kappa shape index (κ3) is 5.95. The van der Waals surface area contributed by atoms with Crippen molar-refractivity contribution in [2.24, 2.45) is 5.11 Å². The van der Waals surface area contributed by atoms with E-state index in [1.54, 1.807) is 43.3 Å². The third-order valence-corrected chi connectivity index (χ3v) is 6.02. The molecule has 1 saturated heterocycles. The van der Waals surface area contributed by atoms with E-state index in [0.29, 0.717) is 0 Å². The van der Waals surface area contributed by atoms with Crippen molar-refractivity contribution >= 4 is 17.7 Å². The average molecular weight is 533 g/mol. The van der Waals surface area contributed by atoms with Crippen LogP contribution in [0.1, 0.15) is 40.3 Å². The number of nitrogens with zero attached hydrogens (tertiary/aromatic N) is 4. The van der Waals surface area contributed by atoms with Crippen LogP contribution in [-0.4, -0.2) is 51.6 Å². The van der Waals surface area contributed by atoms with E-state index in [0.717, 1.165) is 16.8 Å². The zero-order valence-corrected chi connectivity index (χ0v) is 20.6. The zero-order valence-electron chi connectivity index (χ0n) is 20.6. The minimum absolute atomic E-state index is 0.0524. The lowest BCUT2D eigenvalue weighted by atomic mass is 9.92. The molecular weight excluding hydrogens is 510 g/mol. The van der Waals surface area contributed by atoms with Gasteiger partial charge < -0.3 is 14.2 Å². The van der Waals surface area contributed by atoms with Gasteiger partial charge in [-0.2, -0.15) is 0 Å². The van der Waals surface area contributed by atoms with Gasteiger partial charge in [0.15, 0.2) is 24.2 Å². The van der Waals surface area contributed by atoms with Gasteiger partial charge in [-0.3, -0.25) is 19.1 Å². The Bertz CT molecular complexity index is 1510. The molecule has 39 heavy (non-hydrogen) atoms. The number of hydrogen-bond acceptors (Lipinski definition) is 9. The molecule has 2 heterocycles. The molecule has 13 heteroatoms. The standard InChI is InChI=1S/C26H23N5O8/c1-2-17(32)20-19(29-30-27)21(38-24(34)15-9-5-3-6-10-15)22(39-25(35)16-11-7-4-8-12-16)23(37-20)31-14-13-18(33)28-26(31)36/h3-14,19-23H,2H2,1H3,(H,28,33,36)/t19-,20-,21+,22-,23-/m1/s1. The predicted octanol–water partition coefficient (Wildman–Crippen LogP) is 2.54. The lowest BCUT2D eigenvalue weighted by molar-refractivity contribution is -0.208. The Morgan fingerprint density at radius 2 is 1.51 bits per heavy atom. The van der Waals surface area contributed by atoms with E-state index in [2.05, 4.69) is 15.0 Å². The highest BCUT2D eigenvalue weighted by molar-refractivity contribution is 5.90. The second-order valence-electron chi connectivity index (χ2n) is 8.45. The van der Waals surface area contributed by atoms with E-state index < -0.39 is 59.6 Å². The van der Waals surface area contributed by atoms with Crippen molar-refractivity contribution in [1.82, 2.24) is 9.55 Å². The Kier molecular flexibility index (Phi) is 8.34. The van der Waals surface area contributed by atoms with Gasteiger partial charge in [0, 0.05) is 23.6 Å². The first-order valence-corrected chi connectivity index (χ1v) is 11.9. The average Bonchev–Trinajstić information content (AvgIpc) is 2.95. The number of H-pyrrole nitrogens is 1. The molecule has 2 aromatic carbocycles. The molecule has 0 radical (unpaired) electrons. The third-order valence-electron chi connectivity index (χ3n) is 6.02. The molecule has 3 aromatic rings. The van der Waals surface area contributed by atoms with Gasteiger partial charge in [-0.25, -0.2) is 14.4 Å². The number of carbonyl (C=O) groups excluding carboxylic acids is 3. The zero-order chi connectivity index (χ0) is 27.9. The van der Waals surface area contributed by atoms with E-state index in [4.69, 9.17) is 14.2 Å². The van der Waals surface area contributed by atoms with Crippen LogP contribution in [-0.2, 0) is 19.0 Å². The minimum Gasteiger partial charge on any atom is -0.454 e. The van der Waals surface area contributed by atoms with E-state index >= 15 is 0 Å². The number of rotatable bonds is 8. The SMILES string of the molecule is CCC(=O)[C@H]1O[C@@H](n2ccc(=O)[nH]c2=O)[C@H](OC(=O)c2ccccc2)[C@@H](OC(=O)c2ccccc2)[C@@H]1N=[N+]=[N-]. The van der Waals surface area contributed by atoms with Gasteiger partial charge in [-0.15, -0.1) is 0 Å². The summed E-state index contributed by atoms with van der Waals surface area (Å²) in [7, 11) is 0. The molecule has 0 unspecified atom stereocenters. The van der Waals surface area contributed by atoms with Crippen molar-refractivity contribution in [3.63, 3.8) is 0 Å². The number of nitrogens with one attached hydrogen (secondary N) is 1. The lowest BCUT2D eigenvalue weighted by Crippen LogP contribution is -2.60. The first kappa shape index (κ1) is 27.0. The summed E-state index contributed by atoms with van der Waals surface area (Å²) in [5, 5.41) is 3.68. The Labute approximate surface area is 220 Å². The van der Waals surface area contributed by atoms with Gasteiger partial charge in [0.25, 0.3) is 5.56 Å². The van der Waals surface area contributed by atoms with Crippen LogP contribution in [0.25, 0.3) is 10.4 Å². The molecule has 0 spiro atoms. The molecule has 1 aliphatic rings. The Morgan fingerprint density at radius 3 is 2.03 bits per heavy atom. The fraction of sp³-hybridized carbons (Fsp3) is 0.269. The van der Waals surface area contributed by atoms with Crippen molar-refractivity contribution in [3.8, 4) is 0 Å². The van der Waals surface area contributed by atoms with Crippen LogP contribution in [0.15, 0.2) is 87.6 Å². The number of aromatic amines is 1. The van der Waals surface area contributed by atoms with Crippen LogP contribution < -0.4 is 11.2 Å². The van der Waals surface area contributed by atoms with Gasteiger partial charge in [0.1, 0.15) is 12.1 Å². The van der Waals surface area contributed by atoms with Crippen LogP contribution in [0.5, 0.6) is 0 Å². The summed E-state index contributed by atoms with van der Waals surface area (Å²) in [5.41, 5.74) is 7.93. The number of aromatic nitrogens is 2. The largest absolute Gasteiger partial charge is 0.454 e. The second-order valence-corrected chi connectivity index (χ2v) is 8.45. The molecule has 4 rings (SSSR count). The quantitative estimate of drug-likeness (QED) is 0.198. The summed E-state index contributed by atoms with van der Waals surface area (Å²) in [6.07, 6.45) is -5.16. The van der Waals surface area contributed by atoms with Crippen molar-refractivity contribution in [3.05, 3.63) is 115 Å². The monoisotopic (exact) mass is 533 g/mol. The molecule has 5 atom stereocenters. The molecule has 0 saturated carbocycles. The molecule has 0 bridgehead atoms. The van der Waals surface area contributed by atoms with E-state index in [1.807, 2.05) is 0 Å². The number of ketones is 1. The summed E-state index contributed by atoms with van der Waals surface area (Å²) in [6.45, 7) is 1.55. The van der Waals surface area contributed by atoms with Crippen molar-refractivity contribution < 1.29 is 28.6 Å². The Morgan fingerprint density at radius 1 is 0.949 bits per heavy atom. The number of azide groups is 1. The number of carbonyl (C=O) groups is 3. The molecule has 0 aliphatic carbocycles. The summed E-state index contributed by atoms with van der Waals surface area (Å²) >= 11 is 0. The molecule has 1 aromatic heterocycles. The van der Waals surface area contributed by atoms with Gasteiger partial charge in [-0.1, -0.05) is 48.4 Å².